The van der Waals surface area contributed by atoms with E-state index in [1.807, 2.05) is 0 Å². The molecule has 1 heterocycles. The van der Waals surface area contributed by atoms with E-state index in [0.717, 1.165) is 12.8 Å². The highest BCUT2D eigenvalue weighted by molar-refractivity contribution is 7.89. The Labute approximate surface area is 160 Å². The summed E-state index contributed by atoms with van der Waals surface area (Å²) < 4.78 is 37.4. The molecule has 1 unspecified atom stereocenters. The van der Waals surface area contributed by atoms with Crippen molar-refractivity contribution in [3.63, 3.8) is 0 Å². The second-order valence-corrected chi connectivity index (χ2v) is 7.67. The number of halogens is 1. The standard InChI is InChI=1S/C16H25N3O5S.ClH/c1-23-14-6-5-13(10-15(14)24-2)25(21,22)18-8-7-16(20)19-9-3-4-12(17)11-19;/h5-6,10,12,18H,3-4,7-9,11,17H2,1-2H3;1H. The van der Waals surface area contributed by atoms with Gasteiger partial charge in [-0.3, -0.25) is 4.79 Å². The lowest BCUT2D eigenvalue weighted by molar-refractivity contribution is -0.132. The van der Waals surface area contributed by atoms with Gasteiger partial charge in [-0.05, 0) is 25.0 Å². The molecular weight excluding hydrogens is 382 g/mol. The number of ether oxygens (including phenoxy) is 2. The maximum Gasteiger partial charge on any atom is 0.240 e. The molecule has 10 heteroatoms. The van der Waals surface area contributed by atoms with Gasteiger partial charge in [0.2, 0.25) is 15.9 Å². The number of nitrogens with two attached hydrogens (primary N) is 1. The summed E-state index contributed by atoms with van der Waals surface area (Å²) in [7, 11) is -0.827. The number of hydrogen-bond acceptors (Lipinski definition) is 6. The molecular formula is C16H26ClN3O5S. The SMILES string of the molecule is COc1ccc(S(=O)(=O)NCCC(=O)N2CCCC(N)C2)cc1OC.Cl. The number of carbonyl (C=O) groups excluding carboxylic acids is 1. The van der Waals surface area contributed by atoms with E-state index >= 15 is 0 Å². The predicted molar refractivity (Wildman–Crippen MR) is 100 cm³/mol. The Bertz CT molecular complexity index is 714. The quantitative estimate of drug-likeness (QED) is 0.689. The van der Waals surface area contributed by atoms with Crippen LogP contribution in [0.1, 0.15) is 19.3 Å². The topological polar surface area (TPSA) is 111 Å². The van der Waals surface area contributed by atoms with E-state index in [9.17, 15) is 13.2 Å². The molecule has 1 fully saturated rings. The van der Waals surface area contributed by atoms with Gasteiger partial charge >= 0.3 is 0 Å². The van der Waals surface area contributed by atoms with Crippen molar-refractivity contribution in [2.24, 2.45) is 5.73 Å². The first-order chi connectivity index (χ1) is 11.9. The third-order valence-corrected chi connectivity index (χ3v) is 5.57. The third kappa shape index (κ3) is 5.73. The molecule has 148 valence electrons. The fourth-order valence-corrected chi connectivity index (χ4v) is 3.80. The zero-order chi connectivity index (χ0) is 18.4. The van der Waals surface area contributed by atoms with Crippen molar-refractivity contribution >= 4 is 28.3 Å². The van der Waals surface area contributed by atoms with Crippen LogP contribution >= 0.6 is 12.4 Å². The van der Waals surface area contributed by atoms with Crippen LogP contribution in [0.2, 0.25) is 0 Å². The first-order valence-electron chi connectivity index (χ1n) is 8.12. The number of amides is 1. The van der Waals surface area contributed by atoms with Gasteiger partial charge in [-0.1, -0.05) is 0 Å². The number of rotatable bonds is 7. The molecule has 2 rings (SSSR count). The van der Waals surface area contributed by atoms with Crippen LogP contribution in [0.25, 0.3) is 0 Å². The van der Waals surface area contributed by atoms with Gasteiger partial charge in [0, 0.05) is 38.2 Å². The fourth-order valence-electron chi connectivity index (χ4n) is 2.75. The average molecular weight is 408 g/mol. The highest BCUT2D eigenvalue weighted by atomic mass is 35.5. The lowest BCUT2D eigenvalue weighted by atomic mass is 10.1. The molecule has 0 aliphatic carbocycles. The lowest BCUT2D eigenvalue weighted by Crippen LogP contribution is -2.46. The van der Waals surface area contributed by atoms with Gasteiger partial charge in [-0.25, -0.2) is 13.1 Å². The van der Waals surface area contributed by atoms with E-state index in [1.54, 1.807) is 4.90 Å². The van der Waals surface area contributed by atoms with Crippen LogP contribution in [-0.4, -0.2) is 59.1 Å². The van der Waals surface area contributed by atoms with Crippen molar-refractivity contribution in [2.75, 3.05) is 33.9 Å². The van der Waals surface area contributed by atoms with Crippen molar-refractivity contribution in [3.8, 4) is 11.5 Å². The summed E-state index contributed by atoms with van der Waals surface area (Å²) in [5.74, 6) is 0.673. The van der Waals surface area contributed by atoms with Crippen LogP contribution in [-0.2, 0) is 14.8 Å². The number of hydrogen-bond donors (Lipinski definition) is 2. The maximum atomic E-state index is 12.4. The number of likely N-dealkylation sites (tertiary alicyclic amines) is 1. The van der Waals surface area contributed by atoms with E-state index < -0.39 is 10.0 Å². The monoisotopic (exact) mass is 407 g/mol. The summed E-state index contributed by atoms with van der Waals surface area (Å²) in [6.07, 6.45) is 1.89. The minimum atomic E-state index is -3.74. The van der Waals surface area contributed by atoms with Crippen LogP contribution in [0.3, 0.4) is 0 Å². The molecule has 26 heavy (non-hydrogen) atoms. The number of benzene rings is 1. The van der Waals surface area contributed by atoms with Crippen LogP contribution < -0.4 is 19.9 Å². The summed E-state index contributed by atoms with van der Waals surface area (Å²) in [4.78, 5) is 13.9. The maximum absolute atomic E-state index is 12.4. The first kappa shape index (κ1) is 22.5. The van der Waals surface area contributed by atoms with Crippen molar-refractivity contribution in [1.82, 2.24) is 9.62 Å². The normalized spacial score (nSPS) is 17.3. The Kier molecular flexibility index (Phi) is 8.61. The number of carbonyl (C=O) groups is 1. The van der Waals surface area contributed by atoms with E-state index in [4.69, 9.17) is 15.2 Å². The number of nitrogens with one attached hydrogen (secondary N) is 1. The molecule has 0 radical (unpaired) electrons. The van der Waals surface area contributed by atoms with Crippen LogP contribution in [0.5, 0.6) is 11.5 Å². The van der Waals surface area contributed by atoms with Crippen molar-refractivity contribution < 1.29 is 22.7 Å². The van der Waals surface area contributed by atoms with E-state index in [-0.39, 0.29) is 42.2 Å². The number of nitrogens with zero attached hydrogens (tertiary/aromatic N) is 1. The molecule has 0 spiro atoms. The molecule has 1 aliphatic rings. The summed E-state index contributed by atoms with van der Waals surface area (Å²) in [5.41, 5.74) is 5.86. The summed E-state index contributed by atoms with van der Waals surface area (Å²) in [6, 6.07) is 4.33. The van der Waals surface area contributed by atoms with Crippen LogP contribution in [0.15, 0.2) is 23.1 Å². The van der Waals surface area contributed by atoms with Crippen LogP contribution in [0.4, 0.5) is 0 Å². The average Bonchev–Trinajstić information content (AvgIpc) is 2.60. The molecule has 1 aliphatic heterocycles. The van der Waals surface area contributed by atoms with Crippen molar-refractivity contribution in [1.29, 1.82) is 0 Å². The minimum absolute atomic E-state index is 0. The largest absolute Gasteiger partial charge is 0.493 e. The second kappa shape index (κ2) is 9.96. The molecule has 1 atom stereocenters. The highest BCUT2D eigenvalue weighted by Crippen LogP contribution is 2.29. The van der Waals surface area contributed by atoms with Gasteiger partial charge in [0.1, 0.15) is 0 Å². The first-order valence-corrected chi connectivity index (χ1v) is 9.60. The van der Waals surface area contributed by atoms with E-state index in [2.05, 4.69) is 4.72 Å². The Balaban J connectivity index is 0.00000338. The molecule has 1 saturated heterocycles. The zero-order valence-corrected chi connectivity index (χ0v) is 16.6. The van der Waals surface area contributed by atoms with Gasteiger partial charge in [0.25, 0.3) is 0 Å². The van der Waals surface area contributed by atoms with Gasteiger partial charge in [-0.15, -0.1) is 12.4 Å². The predicted octanol–water partition coefficient (Wildman–Crippen LogP) is 0.744. The molecule has 0 bridgehead atoms. The lowest BCUT2D eigenvalue weighted by Gasteiger charge is -2.30. The van der Waals surface area contributed by atoms with E-state index in [1.165, 1.54) is 32.4 Å². The van der Waals surface area contributed by atoms with Gasteiger partial charge in [0.05, 0.1) is 19.1 Å². The highest BCUT2D eigenvalue weighted by Gasteiger charge is 2.22. The van der Waals surface area contributed by atoms with Gasteiger partial charge < -0.3 is 20.1 Å². The molecule has 3 N–H and O–H groups in total. The molecule has 1 aromatic rings. The number of methoxy groups -OCH3 is 2. The molecule has 0 aromatic heterocycles. The minimum Gasteiger partial charge on any atom is -0.493 e. The third-order valence-electron chi connectivity index (χ3n) is 4.11. The fraction of sp³-hybridized carbons (Fsp3) is 0.562. The second-order valence-electron chi connectivity index (χ2n) is 5.91. The Morgan fingerprint density at radius 2 is 2.00 bits per heavy atom. The molecule has 1 aromatic carbocycles. The Morgan fingerprint density at radius 3 is 2.62 bits per heavy atom. The van der Waals surface area contributed by atoms with Crippen molar-refractivity contribution in [2.45, 2.75) is 30.2 Å². The van der Waals surface area contributed by atoms with E-state index in [0.29, 0.717) is 24.6 Å². The number of piperidine rings is 1. The summed E-state index contributed by atoms with van der Waals surface area (Å²) >= 11 is 0. The molecule has 8 nitrogen and oxygen atoms in total. The van der Waals surface area contributed by atoms with Gasteiger partial charge in [0.15, 0.2) is 11.5 Å². The Morgan fingerprint density at radius 1 is 1.31 bits per heavy atom. The summed E-state index contributed by atoms with van der Waals surface area (Å²) in [5, 5.41) is 0. The zero-order valence-electron chi connectivity index (χ0n) is 14.9. The van der Waals surface area contributed by atoms with Crippen LogP contribution in [0, 0.1) is 0 Å². The smallest absolute Gasteiger partial charge is 0.240 e. The summed E-state index contributed by atoms with van der Waals surface area (Å²) in [6.45, 7) is 1.23. The molecule has 0 saturated carbocycles. The van der Waals surface area contributed by atoms with Crippen molar-refractivity contribution in [3.05, 3.63) is 18.2 Å². The number of sulfonamides is 1. The van der Waals surface area contributed by atoms with Gasteiger partial charge in [-0.2, -0.15) is 0 Å². The Hall–Kier alpha value is -1.55. The molecule has 1 amide bonds.